The number of nitrogens with zero attached hydrogens (tertiary/aromatic N) is 2. The van der Waals surface area contributed by atoms with Crippen molar-refractivity contribution in [1.29, 1.82) is 0 Å². The van der Waals surface area contributed by atoms with Crippen molar-refractivity contribution in [2.24, 2.45) is 0 Å². The maximum absolute atomic E-state index is 12.2. The molecule has 3 aromatic rings. The Kier molecular flexibility index (Phi) is 4.94. The molecule has 1 unspecified atom stereocenters. The largest absolute Gasteiger partial charge is 0.497 e. The molecule has 2 N–H and O–H groups in total. The van der Waals surface area contributed by atoms with Gasteiger partial charge in [0.25, 0.3) is 0 Å². The number of rotatable bonds is 6. The van der Waals surface area contributed by atoms with E-state index in [0.717, 1.165) is 11.3 Å². The van der Waals surface area contributed by atoms with E-state index in [4.69, 9.17) is 9.26 Å². The normalized spacial score (nSPS) is 11.6. The van der Waals surface area contributed by atoms with Gasteiger partial charge in [-0.05, 0) is 31.2 Å². The number of benzene rings is 2. The SMILES string of the molecule is COc1cccc(-c2noc(NC(C)C(=O)Nc3ccccc3)n2)c1. The van der Waals surface area contributed by atoms with Crippen LogP contribution in [0.5, 0.6) is 5.75 Å². The highest BCUT2D eigenvalue weighted by molar-refractivity contribution is 5.95. The first kappa shape index (κ1) is 16.5. The predicted octanol–water partition coefficient (Wildman–Crippen LogP) is 3.18. The summed E-state index contributed by atoms with van der Waals surface area (Å²) in [7, 11) is 1.59. The number of methoxy groups -OCH3 is 1. The van der Waals surface area contributed by atoms with Gasteiger partial charge in [0.2, 0.25) is 11.7 Å². The Labute approximate surface area is 145 Å². The van der Waals surface area contributed by atoms with Crippen LogP contribution in [0.3, 0.4) is 0 Å². The van der Waals surface area contributed by atoms with Crippen LogP contribution in [0.25, 0.3) is 11.4 Å². The third-order valence-electron chi connectivity index (χ3n) is 3.53. The summed E-state index contributed by atoms with van der Waals surface area (Å²) >= 11 is 0. The summed E-state index contributed by atoms with van der Waals surface area (Å²) in [6, 6.07) is 16.2. The second-order valence-electron chi connectivity index (χ2n) is 5.38. The van der Waals surface area contributed by atoms with Crippen molar-refractivity contribution in [3.8, 4) is 17.1 Å². The second kappa shape index (κ2) is 7.48. The zero-order valence-corrected chi connectivity index (χ0v) is 13.9. The van der Waals surface area contributed by atoms with Gasteiger partial charge in [0.15, 0.2) is 0 Å². The van der Waals surface area contributed by atoms with Gasteiger partial charge >= 0.3 is 6.01 Å². The fourth-order valence-corrected chi connectivity index (χ4v) is 2.18. The molecular weight excluding hydrogens is 320 g/mol. The second-order valence-corrected chi connectivity index (χ2v) is 5.38. The van der Waals surface area contributed by atoms with Gasteiger partial charge in [-0.3, -0.25) is 4.79 Å². The zero-order valence-electron chi connectivity index (χ0n) is 13.9. The average Bonchev–Trinajstić information content (AvgIpc) is 3.11. The lowest BCUT2D eigenvalue weighted by atomic mass is 10.2. The van der Waals surface area contributed by atoms with Crippen molar-refractivity contribution >= 4 is 17.6 Å². The minimum atomic E-state index is -0.543. The van der Waals surface area contributed by atoms with E-state index in [1.807, 2.05) is 48.5 Å². The fourth-order valence-electron chi connectivity index (χ4n) is 2.18. The smallest absolute Gasteiger partial charge is 0.322 e. The Morgan fingerprint density at radius 3 is 2.72 bits per heavy atom. The average molecular weight is 338 g/mol. The molecule has 1 atom stereocenters. The van der Waals surface area contributed by atoms with Crippen LogP contribution in [0.2, 0.25) is 0 Å². The molecule has 25 heavy (non-hydrogen) atoms. The number of carbonyl (C=O) groups excluding carboxylic acids is 1. The van der Waals surface area contributed by atoms with Crippen molar-refractivity contribution in [2.75, 3.05) is 17.7 Å². The van der Waals surface area contributed by atoms with E-state index < -0.39 is 6.04 Å². The summed E-state index contributed by atoms with van der Waals surface area (Å²) < 4.78 is 10.4. The Hall–Kier alpha value is -3.35. The van der Waals surface area contributed by atoms with Crippen LogP contribution < -0.4 is 15.4 Å². The molecule has 0 spiro atoms. The van der Waals surface area contributed by atoms with Gasteiger partial charge in [-0.1, -0.05) is 35.5 Å². The predicted molar refractivity (Wildman–Crippen MR) is 94.4 cm³/mol. The Morgan fingerprint density at radius 1 is 1.16 bits per heavy atom. The van der Waals surface area contributed by atoms with E-state index in [-0.39, 0.29) is 11.9 Å². The molecule has 1 aromatic heterocycles. The first-order chi connectivity index (χ1) is 12.2. The van der Waals surface area contributed by atoms with Gasteiger partial charge in [-0.15, -0.1) is 0 Å². The topological polar surface area (TPSA) is 89.3 Å². The number of amides is 1. The zero-order chi connectivity index (χ0) is 17.6. The van der Waals surface area contributed by atoms with Crippen molar-refractivity contribution in [2.45, 2.75) is 13.0 Å². The molecule has 0 fully saturated rings. The molecule has 3 rings (SSSR count). The van der Waals surface area contributed by atoms with Gasteiger partial charge < -0.3 is 19.9 Å². The van der Waals surface area contributed by atoms with Gasteiger partial charge in [0.1, 0.15) is 11.8 Å². The summed E-state index contributed by atoms with van der Waals surface area (Å²) in [6.07, 6.45) is 0. The summed E-state index contributed by atoms with van der Waals surface area (Å²) in [5, 5.41) is 9.63. The molecule has 7 heteroatoms. The van der Waals surface area contributed by atoms with Gasteiger partial charge in [0, 0.05) is 11.3 Å². The number of carbonyl (C=O) groups is 1. The summed E-state index contributed by atoms with van der Waals surface area (Å²) in [4.78, 5) is 16.5. The molecular formula is C18H18N4O3. The van der Waals surface area contributed by atoms with Gasteiger partial charge in [0.05, 0.1) is 7.11 Å². The van der Waals surface area contributed by atoms with Crippen molar-refractivity contribution in [1.82, 2.24) is 10.1 Å². The van der Waals surface area contributed by atoms with E-state index >= 15 is 0 Å². The standard InChI is InChI=1S/C18H18N4O3/c1-12(17(23)20-14-8-4-3-5-9-14)19-18-21-16(22-25-18)13-7-6-10-15(11-13)24-2/h3-12H,1-2H3,(H,20,23)(H,19,21,22). The van der Waals surface area contributed by atoms with E-state index in [0.29, 0.717) is 11.6 Å². The monoisotopic (exact) mass is 338 g/mol. The molecule has 0 aliphatic carbocycles. The Bertz CT molecular complexity index is 848. The first-order valence-corrected chi connectivity index (χ1v) is 7.76. The molecule has 0 saturated carbocycles. The van der Waals surface area contributed by atoms with Gasteiger partial charge in [-0.2, -0.15) is 4.98 Å². The molecule has 0 bridgehead atoms. The van der Waals surface area contributed by atoms with Crippen LogP contribution in [0.4, 0.5) is 11.7 Å². The molecule has 1 heterocycles. The highest BCUT2D eigenvalue weighted by Gasteiger charge is 2.17. The maximum atomic E-state index is 12.2. The lowest BCUT2D eigenvalue weighted by molar-refractivity contribution is -0.116. The van der Waals surface area contributed by atoms with E-state index in [9.17, 15) is 4.79 Å². The van der Waals surface area contributed by atoms with E-state index in [2.05, 4.69) is 20.8 Å². The molecule has 2 aromatic carbocycles. The van der Waals surface area contributed by atoms with Gasteiger partial charge in [-0.25, -0.2) is 0 Å². The Morgan fingerprint density at radius 2 is 1.96 bits per heavy atom. The number of ether oxygens (including phenoxy) is 1. The van der Waals surface area contributed by atoms with Crippen LogP contribution in [0, 0.1) is 0 Å². The number of hydrogen-bond acceptors (Lipinski definition) is 6. The van der Waals surface area contributed by atoms with Crippen LogP contribution in [-0.4, -0.2) is 29.2 Å². The minimum Gasteiger partial charge on any atom is -0.497 e. The fraction of sp³-hybridized carbons (Fsp3) is 0.167. The minimum absolute atomic E-state index is 0.175. The summed E-state index contributed by atoms with van der Waals surface area (Å²) in [5.41, 5.74) is 1.49. The van der Waals surface area contributed by atoms with Crippen LogP contribution >= 0.6 is 0 Å². The first-order valence-electron chi connectivity index (χ1n) is 7.76. The highest BCUT2D eigenvalue weighted by atomic mass is 16.5. The van der Waals surface area contributed by atoms with Crippen molar-refractivity contribution in [3.63, 3.8) is 0 Å². The number of para-hydroxylation sites is 1. The molecule has 128 valence electrons. The third-order valence-corrected chi connectivity index (χ3v) is 3.53. The summed E-state index contributed by atoms with van der Waals surface area (Å²) in [5.74, 6) is 0.914. The van der Waals surface area contributed by atoms with E-state index in [1.165, 1.54) is 0 Å². The highest BCUT2D eigenvalue weighted by Crippen LogP contribution is 2.22. The lowest BCUT2D eigenvalue weighted by Crippen LogP contribution is -2.31. The molecule has 7 nitrogen and oxygen atoms in total. The Balaban J connectivity index is 1.65. The number of aromatic nitrogens is 2. The molecule has 1 amide bonds. The van der Waals surface area contributed by atoms with Crippen molar-refractivity contribution < 1.29 is 14.1 Å². The number of anilines is 2. The quantitative estimate of drug-likeness (QED) is 0.717. The molecule has 0 aliphatic heterocycles. The van der Waals surface area contributed by atoms with Crippen LogP contribution in [0.15, 0.2) is 59.1 Å². The lowest BCUT2D eigenvalue weighted by Gasteiger charge is -2.12. The third kappa shape index (κ3) is 4.14. The summed E-state index contributed by atoms with van der Waals surface area (Å²) in [6.45, 7) is 1.72. The number of nitrogens with one attached hydrogen (secondary N) is 2. The van der Waals surface area contributed by atoms with Crippen LogP contribution in [0.1, 0.15) is 6.92 Å². The van der Waals surface area contributed by atoms with Crippen LogP contribution in [-0.2, 0) is 4.79 Å². The van der Waals surface area contributed by atoms with E-state index in [1.54, 1.807) is 20.1 Å². The number of hydrogen-bond donors (Lipinski definition) is 2. The molecule has 0 saturated heterocycles. The van der Waals surface area contributed by atoms with Crippen molar-refractivity contribution in [3.05, 3.63) is 54.6 Å². The molecule has 0 aliphatic rings. The maximum Gasteiger partial charge on any atom is 0.322 e. The molecule has 0 radical (unpaired) electrons.